The monoisotopic (exact) mass is 680 g/mol. The highest BCUT2D eigenvalue weighted by atomic mass is 35.5. The van der Waals surface area contributed by atoms with E-state index in [2.05, 4.69) is 6.07 Å². The Balaban J connectivity index is 1.40. The van der Waals surface area contributed by atoms with E-state index in [-0.39, 0.29) is 52.4 Å². The number of sulfone groups is 1. The summed E-state index contributed by atoms with van der Waals surface area (Å²) in [6, 6.07) is 17.9. The zero-order chi connectivity index (χ0) is 33.4. The second kappa shape index (κ2) is 12.5. The average molecular weight is 681 g/mol. The number of fused-ring (bicyclic) bond motifs is 4. The third-order valence-corrected chi connectivity index (χ3v) is 11.0. The van der Waals surface area contributed by atoms with E-state index in [4.69, 9.17) is 16.2 Å². The minimum absolute atomic E-state index is 0.0349. The van der Waals surface area contributed by atoms with E-state index in [1.165, 1.54) is 35.3 Å². The predicted octanol–water partition coefficient (Wildman–Crippen LogP) is 4.63. The molecule has 0 saturated carbocycles. The summed E-state index contributed by atoms with van der Waals surface area (Å²) >= 11 is 5.80. The molecule has 3 heterocycles. The highest BCUT2D eigenvalue weighted by molar-refractivity contribution is 7.96. The number of carbonyl (C=O) groups is 1. The van der Waals surface area contributed by atoms with E-state index in [0.717, 1.165) is 22.5 Å². The van der Waals surface area contributed by atoms with Gasteiger partial charge in [-0.1, -0.05) is 24.3 Å². The lowest BCUT2D eigenvalue weighted by Crippen LogP contribution is -2.34. The number of alkyl halides is 1. The maximum Gasteiger partial charge on any atom is 0.264 e. The number of rotatable bonds is 10. The van der Waals surface area contributed by atoms with Gasteiger partial charge in [0.05, 0.1) is 27.7 Å². The van der Waals surface area contributed by atoms with Gasteiger partial charge < -0.3 is 10.0 Å². The fraction of sp³-hybridized carbons (Fsp3) is 0.242. The lowest BCUT2D eigenvalue weighted by atomic mass is 9.82. The Hall–Kier alpha value is -4.28. The Kier molecular flexibility index (Phi) is 8.99. The molecule has 0 radical (unpaired) electrons. The highest BCUT2D eigenvalue weighted by Crippen LogP contribution is 2.40. The Morgan fingerprint density at radius 2 is 1.89 bits per heavy atom. The highest BCUT2D eigenvalue weighted by Gasteiger charge is 2.44. The second-order valence-corrected chi connectivity index (χ2v) is 15.2. The van der Waals surface area contributed by atoms with Crippen molar-refractivity contribution in [3.63, 3.8) is 0 Å². The van der Waals surface area contributed by atoms with Gasteiger partial charge in [-0.05, 0) is 56.2 Å². The molecule has 10 nitrogen and oxygen atoms in total. The number of aliphatic hydroxyl groups excluding tert-OH is 1. The molecule has 0 fully saturated rings. The topological polar surface area (TPSA) is 157 Å². The molecule has 46 heavy (non-hydrogen) atoms. The summed E-state index contributed by atoms with van der Waals surface area (Å²) in [5.74, 6) is -1.42. The summed E-state index contributed by atoms with van der Waals surface area (Å²) in [5, 5.41) is 20.5. The van der Waals surface area contributed by atoms with Crippen LogP contribution in [-0.4, -0.2) is 55.5 Å². The van der Waals surface area contributed by atoms with Crippen molar-refractivity contribution in [1.29, 1.82) is 5.26 Å². The number of benzene rings is 2. The summed E-state index contributed by atoms with van der Waals surface area (Å²) in [4.78, 5) is 13.8. The minimum Gasteiger partial charge on any atom is -0.506 e. The molecule has 0 aliphatic carbocycles. The number of aliphatic hydroxyl groups is 1. The van der Waals surface area contributed by atoms with E-state index >= 15 is 0 Å². The molecule has 0 atom stereocenters. The summed E-state index contributed by atoms with van der Waals surface area (Å²) in [5.41, 5.74) is 4.26. The number of hydrogen-bond donors (Lipinski definition) is 2. The van der Waals surface area contributed by atoms with Crippen LogP contribution in [0.2, 0.25) is 0 Å². The standard InChI is InChI=1S/C33H30ClN3O7S2/c1-33(2)26-17-22(21-36(31(38)19-34)14-6-16-45(40,41)42)11-12-27(26)37-15-13-23(18-30(33)37)24(20-35)7-5-10-29-32(39)25-8-3-4-9-28(25)46(29,43)44/h3-5,7-13,15,17-18H,6,14,16,19,21H2,1-2H3,(H,40,41,42)/p+1. The minimum atomic E-state index is -4.16. The molecule has 1 aromatic heterocycles. The number of nitriles is 1. The van der Waals surface area contributed by atoms with Gasteiger partial charge in [0.25, 0.3) is 10.1 Å². The van der Waals surface area contributed by atoms with Crippen molar-refractivity contribution in [1.82, 2.24) is 4.90 Å². The smallest absolute Gasteiger partial charge is 0.264 e. The van der Waals surface area contributed by atoms with E-state index in [1.54, 1.807) is 18.2 Å². The average Bonchev–Trinajstić information content (AvgIpc) is 3.36. The van der Waals surface area contributed by atoms with Gasteiger partial charge in [0.1, 0.15) is 16.5 Å². The van der Waals surface area contributed by atoms with E-state index in [0.29, 0.717) is 11.1 Å². The van der Waals surface area contributed by atoms with E-state index in [1.807, 2.05) is 48.9 Å². The first-order valence-corrected chi connectivity index (χ1v) is 17.9. The molecule has 13 heteroatoms. The Morgan fingerprint density at radius 3 is 2.57 bits per heavy atom. The van der Waals surface area contributed by atoms with Crippen LogP contribution in [0.15, 0.2) is 88.8 Å². The number of pyridine rings is 1. The molecule has 5 rings (SSSR count). The number of amides is 1. The van der Waals surface area contributed by atoms with E-state index < -0.39 is 31.1 Å². The fourth-order valence-corrected chi connectivity index (χ4v) is 8.03. The number of nitrogens with zero attached hydrogens (tertiary/aromatic N) is 3. The van der Waals surface area contributed by atoms with Crippen molar-refractivity contribution in [3.05, 3.63) is 112 Å². The van der Waals surface area contributed by atoms with Crippen LogP contribution in [0.25, 0.3) is 17.0 Å². The maximum atomic E-state index is 12.9. The third-order valence-electron chi connectivity index (χ3n) is 8.16. The van der Waals surface area contributed by atoms with Crippen molar-refractivity contribution in [3.8, 4) is 11.8 Å². The first-order chi connectivity index (χ1) is 21.7. The SMILES string of the molecule is CC1(C)c2cc(CN(CCCS(=O)(=O)O)C(=O)CCl)ccc2-[n+]2ccc(/C(C#N)=C/C=C/C3=C(O)c4ccccc4S3(=O)=O)cc21. The normalized spacial score (nSPS) is 16.2. The van der Waals surface area contributed by atoms with Gasteiger partial charge >= 0.3 is 0 Å². The van der Waals surface area contributed by atoms with Crippen molar-refractivity contribution in [2.45, 2.75) is 37.1 Å². The Labute approximate surface area is 272 Å². The molecular weight excluding hydrogens is 650 g/mol. The number of carbonyl (C=O) groups excluding carboxylic acids is 1. The largest absolute Gasteiger partial charge is 0.506 e. The number of allylic oxidation sites excluding steroid dienone is 4. The van der Waals surface area contributed by atoms with Crippen LogP contribution in [0.5, 0.6) is 0 Å². The first-order valence-electron chi connectivity index (χ1n) is 14.2. The van der Waals surface area contributed by atoms with Crippen molar-refractivity contribution in [2.24, 2.45) is 0 Å². The van der Waals surface area contributed by atoms with E-state index in [9.17, 15) is 32.0 Å². The van der Waals surface area contributed by atoms with Gasteiger partial charge in [-0.15, -0.1) is 11.6 Å². The van der Waals surface area contributed by atoms with Crippen LogP contribution in [0, 0.1) is 11.3 Å². The molecule has 2 aliphatic heterocycles. The quantitative estimate of drug-likeness (QED) is 0.103. The molecule has 2 aromatic carbocycles. The molecule has 0 unspecified atom stereocenters. The summed E-state index contributed by atoms with van der Waals surface area (Å²) in [6.45, 7) is 4.39. The van der Waals surface area contributed by atoms with Crippen LogP contribution in [0.1, 0.15) is 48.2 Å². The van der Waals surface area contributed by atoms with Crippen LogP contribution in [0.3, 0.4) is 0 Å². The zero-order valence-corrected chi connectivity index (χ0v) is 27.4. The third kappa shape index (κ3) is 6.24. The number of aromatic nitrogens is 1. The molecule has 238 valence electrons. The number of halogens is 1. The van der Waals surface area contributed by atoms with Gasteiger partial charge in [-0.3, -0.25) is 9.35 Å². The zero-order valence-electron chi connectivity index (χ0n) is 25.0. The number of hydrogen-bond acceptors (Lipinski definition) is 7. The van der Waals surface area contributed by atoms with Crippen molar-refractivity contribution >= 4 is 48.8 Å². The summed E-state index contributed by atoms with van der Waals surface area (Å²) < 4.78 is 59.2. The molecule has 0 saturated heterocycles. The molecule has 2 N–H and O–H groups in total. The molecule has 2 aliphatic rings. The fourth-order valence-electron chi connectivity index (χ4n) is 5.80. The van der Waals surface area contributed by atoms with Crippen LogP contribution in [-0.2, 0) is 36.7 Å². The maximum absolute atomic E-state index is 12.9. The summed E-state index contributed by atoms with van der Waals surface area (Å²) in [6.07, 6.45) is 6.14. The van der Waals surface area contributed by atoms with Gasteiger partial charge in [-0.25, -0.2) is 8.42 Å². The van der Waals surface area contributed by atoms with Gasteiger partial charge in [0, 0.05) is 48.0 Å². The van der Waals surface area contributed by atoms with Gasteiger partial charge in [-0.2, -0.15) is 18.2 Å². The lowest BCUT2D eigenvalue weighted by Gasteiger charge is -2.22. The second-order valence-electron chi connectivity index (χ2n) is 11.5. The molecular formula is C33H31ClN3O7S2+. The predicted molar refractivity (Wildman–Crippen MR) is 173 cm³/mol. The van der Waals surface area contributed by atoms with Crippen LogP contribution < -0.4 is 4.57 Å². The summed E-state index contributed by atoms with van der Waals surface area (Å²) in [7, 11) is -8.04. The lowest BCUT2D eigenvalue weighted by molar-refractivity contribution is -0.599. The van der Waals surface area contributed by atoms with Crippen LogP contribution in [0.4, 0.5) is 0 Å². The van der Waals surface area contributed by atoms with Gasteiger partial charge in [0.2, 0.25) is 21.4 Å². The van der Waals surface area contributed by atoms with Gasteiger partial charge in [0.15, 0.2) is 11.9 Å². The Morgan fingerprint density at radius 1 is 1.15 bits per heavy atom. The van der Waals surface area contributed by atoms with Crippen molar-refractivity contribution < 1.29 is 35.9 Å². The Bertz CT molecular complexity index is 2110. The molecule has 0 spiro atoms. The first kappa shape index (κ1) is 33.1. The molecule has 1 amide bonds. The molecule has 0 bridgehead atoms. The molecule has 3 aromatic rings. The van der Waals surface area contributed by atoms with Crippen molar-refractivity contribution in [2.75, 3.05) is 18.2 Å². The van der Waals surface area contributed by atoms with Crippen LogP contribution >= 0.6 is 11.6 Å².